The molecule has 0 N–H and O–H groups in total. The summed E-state index contributed by atoms with van der Waals surface area (Å²) in [6.45, 7) is 0. The Bertz CT molecular complexity index is 1000. The van der Waals surface area contributed by atoms with E-state index < -0.39 is 0 Å². The largest absolute Gasteiger partial charge is 0.274 e. The number of rotatable bonds is 3. The van der Waals surface area contributed by atoms with Gasteiger partial charge in [-0.05, 0) is 60.1 Å². The van der Waals surface area contributed by atoms with Crippen LogP contribution in [0.3, 0.4) is 0 Å². The van der Waals surface area contributed by atoms with E-state index in [0.717, 1.165) is 24.0 Å². The summed E-state index contributed by atoms with van der Waals surface area (Å²) in [5, 5.41) is 0.583. The average molecular weight is 416 g/mol. The third-order valence-electron chi connectivity index (χ3n) is 6.59. The zero-order chi connectivity index (χ0) is 20.7. The Kier molecular flexibility index (Phi) is 4.92. The Balaban J connectivity index is 1.60. The summed E-state index contributed by atoms with van der Waals surface area (Å²) in [6.07, 6.45) is 1.77. The minimum atomic E-state index is -0.352. The molecule has 1 heterocycles. The van der Waals surface area contributed by atoms with Crippen LogP contribution >= 0.6 is 11.6 Å². The van der Waals surface area contributed by atoms with Gasteiger partial charge in [0.25, 0.3) is 0 Å². The van der Waals surface area contributed by atoms with E-state index in [-0.39, 0.29) is 35.5 Å². The van der Waals surface area contributed by atoms with Crippen LogP contribution in [0.2, 0.25) is 5.02 Å². The van der Waals surface area contributed by atoms with Crippen molar-refractivity contribution in [2.75, 3.05) is 4.90 Å². The summed E-state index contributed by atoms with van der Waals surface area (Å²) in [5.41, 5.74) is 2.87. The van der Waals surface area contributed by atoms with Gasteiger partial charge in [-0.25, -0.2) is 0 Å². The molecule has 0 unspecified atom stereocenters. The fourth-order valence-electron chi connectivity index (χ4n) is 5.27. The molecule has 0 bridgehead atoms. The maximum atomic E-state index is 13.7. The van der Waals surface area contributed by atoms with Gasteiger partial charge < -0.3 is 0 Å². The molecule has 3 aromatic carbocycles. The number of nitrogens with zero attached hydrogens (tertiary/aromatic N) is 1. The zero-order valence-electron chi connectivity index (χ0n) is 16.4. The number of hydrogen-bond donors (Lipinski definition) is 0. The SMILES string of the molecule is O=C1[C@@H]2[C@@H](C(=O)N1c1ccc(Cl)cc1)[C@@H](c1ccccc1)CC[C@@H]2c1ccccc1. The molecule has 150 valence electrons. The Labute approximate surface area is 181 Å². The van der Waals surface area contributed by atoms with Crippen molar-refractivity contribution in [1.82, 2.24) is 0 Å². The van der Waals surface area contributed by atoms with Gasteiger partial charge in [-0.15, -0.1) is 0 Å². The number of fused-ring (bicyclic) bond motifs is 1. The van der Waals surface area contributed by atoms with Crippen LogP contribution in [0.4, 0.5) is 5.69 Å². The van der Waals surface area contributed by atoms with Crippen molar-refractivity contribution < 1.29 is 9.59 Å². The molecule has 1 aliphatic carbocycles. The number of hydrogen-bond acceptors (Lipinski definition) is 2. The van der Waals surface area contributed by atoms with E-state index >= 15 is 0 Å². The lowest BCUT2D eigenvalue weighted by molar-refractivity contribution is -0.122. The van der Waals surface area contributed by atoms with Gasteiger partial charge in [-0.1, -0.05) is 72.3 Å². The highest BCUT2D eigenvalue weighted by Crippen LogP contribution is 2.53. The van der Waals surface area contributed by atoms with Crippen molar-refractivity contribution >= 4 is 29.1 Å². The highest BCUT2D eigenvalue weighted by atomic mass is 35.5. The van der Waals surface area contributed by atoms with E-state index in [1.54, 1.807) is 24.3 Å². The van der Waals surface area contributed by atoms with E-state index in [1.807, 2.05) is 36.4 Å². The average Bonchev–Trinajstić information content (AvgIpc) is 3.06. The molecule has 1 saturated carbocycles. The van der Waals surface area contributed by atoms with Crippen LogP contribution in [-0.2, 0) is 9.59 Å². The third-order valence-corrected chi connectivity index (χ3v) is 6.85. The monoisotopic (exact) mass is 415 g/mol. The van der Waals surface area contributed by atoms with Gasteiger partial charge in [0.1, 0.15) is 0 Å². The lowest BCUT2D eigenvalue weighted by atomic mass is 9.64. The summed E-state index contributed by atoms with van der Waals surface area (Å²) < 4.78 is 0. The van der Waals surface area contributed by atoms with Crippen LogP contribution in [0.5, 0.6) is 0 Å². The first-order valence-corrected chi connectivity index (χ1v) is 10.8. The van der Waals surface area contributed by atoms with E-state index in [1.165, 1.54) is 4.90 Å². The van der Waals surface area contributed by atoms with Crippen LogP contribution in [0.1, 0.15) is 35.8 Å². The first kappa shape index (κ1) is 19.1. The third kappa shape index (κ3) is 3.14. The van der Waals surface area contributed by atoms with Crippen molar-refractivity contribution in [3.8, 4) is 0 Å². The Hall–Kier alpha value is -2.91. The number of benzene rings is 3. The number of imide groups is 1. The van der Waals surface area contributed by atoms with Crippen LogP contribution in [0.25, 0.3) is 0 Å². The minimum absolute atomic E-state index is 0.0462. The van der Waals surface area contributed by atoms with Gasteiger partial charge in [-0.2, -0.15) is 0 Å². The lowest BCUT2D eigenvalue weighted by Crippen LogP contribution is -2.34. The van der Waals surface area contributed by atoms with Crippen LogP contribution < -0.4 is 4.90 Å². The van der Waals surface area contributed by atoms with Crippen molar-refractivity contribution in [2.24, 2.45) is 11.8 Å². The van der Waals surface area contributed by atoms with Gasteiger partial charge in [0.15, 0.2) is 0 Å². The molecule has 3 nitrogen and oxygen atoms in total. The summed E-state index contributed by atoms with van der Waals surface area (Å²) in [7, 11) is 0. The van der Waals surface area contributed by atoms with Gasteiger partial charge in [0.2, 0.25) is 11.8 Å². The van der Waals surface area contributed by atoms with Crippen molar-refractivity contribution in [2.45, 2.75) is 24.7 Å². The van der Waals surface area contributed by atoms with E-state index in [2.05, 4.69) is 24.3 Å². The maximum absolute atomic E-state index is 13.7. The summed E-state index contributed by atoms with van der Waals surface area (Å²) in [5.74, 6) is -0.803. The molecule has 2 amide bonds. The lowest BCUT2D eigenvalue weighted by Gasteiger charge is -2.37. The fraction of sp³-hybridized carbons (Fsp3) is 0.231. The molecule has 1 saturated heterocycles. The summed E-state index contributed by atoms with van der Waals surface area (Å²) in [6, 6.07) is 27.3. The highest BCUT2D eigenvalue weighted by Gasteiger charge is 2.56. The van der Waals surface area contributed by atoms with E-state index in [4.69, 9.17) is 11.6 Å². The van der Waals surface area contributed by atoms with Crippen molar-refractivity contribution in [1.29, 1.82) is 0 Å². The summed E-state index contributed by atoms with van der Waals surface area (Å²) >= 11 is 6.03. The summed E-state index contributed by atoms with van der Waals surface area (Å²) in [4.78, 5) is 28.7. The Morgan fingerprint density at radius 2 is 1.07 bits per heavy atom. The Morgan fingerprint density at radius 3 is 1.50 bits per heavy atom. The first-order valence-electron chi connectivity index (χ1n) is 10.4. The normalized spacial score (nSPS) is 26.0. The second-order valence-corrected chi connectivity index (χ2v) is 8.59. The zero-order valence-corrected chi connectivity index (χ0v) is 17.2. The molecule has 0 aromatic heterocycles. The molecule has 4 atom stereocenters. The quantitative estimate of drug-likeness (QED) is 0.506. The predicted molar refractivity (Wildman–Crippen MR) is 119 cm³/mol. The number of carbonyl (C=O) groups excluding carboxylic acids is 2. The number of carbonyl (C=O) groups is 2. The van der Waals surface area contributed by atoms with Crippen LogP contribution in [0.15, 0.2) is 84.9 Å². The molecule has 30 heavy (non-hydrogen) atoms. The fourth-order valence-corrected chi connectivity index (χ4v) is 5.40. The standard InChI is InChI=1S/C26H22ClNO2/c27-19-11-13-20(14-12-19)28-25(29)23-21(17-7-3-1-4-8-17)15-16-22(24(23)26(28)30)18-9-5-2-6-10-18/h1-14,21-24H,15-16H2/t21-,22-,23+,24+/m1/s1. The molecule has 3 aromatic rings. The smallest absolute Gasteiger partial charge is 0.238 e. The minimum Gasteiger partial charge on any atom is -0.274 e. The predicted octanol–water partition coefficient (Wildman–Crippen LogP) is 5.81. The molecule has 2 aliphatic rings. The molecule has 4 heteroatoms. The second kappa shape index (κ2) is 7.73. The first-order chi connectivity index (χ1) is 14.6. The number of amides is 2. The van der Waals surface area contributed by atoms with Gasteiger partial charge in [-0.3, -0.25) is 14.5 Å². The molecular weight excluding hydrogens is 394 g/mol. The van der Waals surface area contributed by atoms with Crippen molar-refractivity contribution in [3.05, 3.63) is 101 Å². The number of anilines is 1. The van der Waals surface area contributed by atoms with Gasteiger partial charge in [0.05, 0.1) is 17.5 Å². The van der Waals surface area contributed by atoms with Crippen LogP contribution in [-0.4, -0.2) is 11.8 Å². The molecule has 1 aliphatic heterocycles. The molecule has 2 fully saturated rings. The van der Waals surface area contributed by atoms with E-state index in [9.17, 15) is 9.59 Å². The molecule has 5 rings (SSSR count). The van der Waals surface area contributed by atoms with Gasteiger partial charge in [0, 0.05) is 5.02 Å². The second-order valence-electron chi connectivity index (χ2n) is 8.15. The molecular formula is C26H22ClNO2. The highest BCUT2D eigenvalue weighted by molar-refractivity contribution is 6.30. The number of halogens is 1. The van der Waals surface area contributed by atoms with Crippen molar-refractivity contribution in [3.63, 3.8) is 0 Å². The van der Waals surface area contributed by atoms with Crippen LogP contribution in [0, 0.1) is 11.8 Å². The molecule has 0 radical (unpaired) electrons. The van der Waals surface area contributed by atoms with E-state index in [0.29, 0.717) is 10.7 Å². The Morgan fingerprint density at radius 1 is 0.633 bits per heavy atom. The topological polar surface area (TPSA) is 37.4 Å². The molecule has 0 spiro atoms. The maximum Gasteiger partial charge on any atom is 0.238 e. The van der Waals surface area contributed by atoms with Gasteiger partial charge >= 0.3 is 0 Å².